The highest BCUT2D eigenvalue weighted by molar-refractivity contribution is 5.18. The van der Waals surface area contributed by atoms with Gasteiger partial charge in [-0.1, -0.05) is 182 Å². The fourth-order valence-corrected chi connectivity index (χ4v) is 8.29. The van der Waals surface area contributed by atoms with Gasteiger partial charge in [0.2, 0.25) is 0 Å². The van der Waals surface area contributed by atoms with E-state index in [1.165, 1.54) is 7.11 Å². The molecule has 0 spiro atoms. The van der Waals surface area contributed by atoms with Gasteiger partial charge in [0.25, 0.3) is 6.43 Å². The van der Waals surface area contributed by atoms with Crippen LogP contribution in [0, 0.1) is 0 Å². The van der Waals surface area contributed by atoms with Crippen LogP contribution in [0.25, 0.3) is 0 Å². The minimum atomic E-state index is -3.01. The van der Waals surface area contributed by atoms with Crippen LogP contribution in [0.1, 0.15) is 33.4 Å². The summed E-state index contributed by atoms with van der Waals surface area (Å²) in [5, 5.41) is 0. The van der Waals surface area contributed by atoms with E-state index < -0.39 is 67.8 Å². The summed E-state index contributed by atoms with van der Waals surface area (Å²) in [5.74, 6) is 0. The van der Waals surface area contributed by atoms with E-state index in [0.717, 1.165) is 33.4 Å². The molecule has 0 bridgehead atoms. The topological polar surface area (TPSA) is 92.3 Å². The SMILES string of the molecule is CO[C@H]1O[C@H](COCc2ccccc2)[C@@H](O[C@@H]2O[C@H](C(F)F)[C@@H](OCc3ccccc3)[C@H](OCc3ccccc3)[C@@H]2OCc2ccccc2)[C@H](OCc2ccccc2)[C@H]1OCc1ccccc1. The smallest absolute Gasteiger partial charge is 0.267 e. The molecule has 6 aromatic carbocycles. The van der Waals surface area contributed by atoms with Gasteiger partial charge in [0.1, 0.15) is 42.7 Å². The highest BCUT2D eigenvalue weighted by Gasteiger charge is 2.56. The quantitative estimate of drug-likeness (QED) is 0.0619. The van der Waals surface area contributed by atoms with E-state index in [2.05, 4.69) is 0 Å². The largest absolute Gasteiger partial charge is 0.374 e. The molecule has 352 valence electrons. The summed E-state index contributed by atoms with van der Waals surface area (Å²) in [6.45, 7) is 0.786. The molecule has 0 N–H and O–H groups in total. The lowest BCUT2D eigenvalue weighted by atomic mass is 9.95. The van der Waals surface area contributed by atoms with E-state index in [1.807, 2.05) is 182 Å². The van der Waals surface area contributed by atoms with Gasteiger partial charge in [-0.3, -0.25) is 0 Å². The maximum Gasteiger partial charge on any atom is 0.267 e. The highest BCUT2D eigenvalue weighted by Crippen LogP contribution is 2.38. The van der Waals surface area contributed by atoms with Crippen molar-refractivity contribution in [1.29, 1.82) is 0 Å². The number of alkyl halides is 2. The summed E-state index contributed by atoms with van der Waals surface area (Å²) in [6, 6.07) is 57.6. The molecule has 10 atom stereocenters. The van der Waals surface area contributed by atoms with Crippen molar-refractivity contribution in [2.24, 2.45) is 0 Å². The Morgan fingerprint density at radius 1 is 0.388 bits per heavy atom. The van der Waals surface area contributed by atoms with E-state index in [-0.39, 0.29) is 46.2 Å². The lowest BCUT2D eigenvalue weighted by molar-refractivity contribution is -0.380. The van der Waals surface area contributed by atoms with Gasteiger partial charge in [-0.25, -0.2) is 8.78 Å². The van der Waals surface area contributed by atoms with Crippen LogP contribution in [0.3, 0.4) is 0 Å². The number of ether oxygens (including phenoxy) is 10. The first kappa shape index (κ1) is 48.2. The van der Waals surface area contributed by atoms with Crippen LogP contribution >= 0.6 is 0 Å². The molecule has 67 heavy (non-hydrogen) atoms. The first-order valence-electron chi connectivity index (χ1n) is 22.7. The van der Waals surface area contributed by atoms with Crippen LogP contribution in [0.2, 0.25) is 0 Å². The van der Waals surface area contributed by atoms with Gasteiger partial charge in [0.05, 0.1) is 46.2 Å². The summed E-state index contributed by atoms with van der Waals surface area (Å²) in [6.07, 6.45) is -14.5. The lowest BCUT2D eigenvalue weighted by Gasteiger charge is -2.50. The summed E-state index contributed by atoms with van der Waals surface area (Å²) in [4.78, 5) is 0. The van der Waals surface area contributed by atoms with E-state index in [9.17, 15) is 0 Å². The first-order chi connectivity index (χ1) is 33.0. The molecule has 8 rings (SSSR count). The van der Waals surface area contributed by atoms with Gasteiger partial charge in [-0.15, -0.1) is 0 Å². The molecule has 0 radical (unpaired) electrons. The highest BCUT2D eigenvalue weighted by atomic mass is 19.3. The molecule has 2 heterocycles. The van der Waals surface area contributed by atoms with E-state index in [0.29, 0.717) is 0 Å². The molecule has 0 amide bonds. The molecule has 0 saturated carbocycles. The first-order valence-corrected chi connectivity index (χ1v) is 22.7. The number of benzene rings is 6. The summed E-state index contributed by atoms with van der Waals surface area (Å²) in [7, 11) is 1.54. The van der Waals surface area contributed by atoms with Crippen LogP contribution in [-0.2, 0) is 87.0 Å². The van der Waals surface area contributed by atoms with Crippen molar-refractivity contribution in [1.82, 2.24) is 0 Å². The van der Waals surface area contributed by atoms with Gasteiger partial charge < -0.3 is 47.4 Å². The van der Waals surface area contributed by atoms with Crippen molar-refractivity contribution < 1.29 is 56.1 Å². The van der Waals surface area contributed by atoms with Crippen LogP contribution < -0.4 is 0 Å². The van der Waals surface area contributed by atoms with E-state index >= 15 is 8.78 Å². The Bertz CT molecular complexity index is 2270. The minimum Gasteiger partial charge on any atom is -0.374 e. The van der Waals surface area contributed by atoms with Crippen molar-refractivity contribution in [2.45, 2.75) is 107 Å². The summed E-state index contributed by atoms with van der Waals surface area (Å²) < 4.78 is 97.5. The molecule has 6 aromatic rings. The molecule has 2 fully saturated rings. The monoisotopic (exact) mass is 916 g/mol. The Kier molecular flexibility index (Phi) is 18.2. The summed E-state index contributed by atoms with van der Waals surface area (Å²) in [5.41, 5.74) is 5.22. The van der Waals surface area contributed by atoms with Crippen molar-refractivity contribution in [3.63, 3.8) is 0 Å². The van der Waals surface area contributed by atoms with Gasteiger partial charge in [-0.05, 0) is 33.4 Å². The third-order valence-corrected chi connectivity index (χ3v) is 11.7. The zero-order valence-corrected chi connectivity index (χ0v) is 37.5. The fourth-order valence-electron chi connectivity index (χ4n) is 8.29. The fraction of sp³-hybridized carbons (Fsp3) is 0.345. The average Bonchev–Trinajstić information content (AvgIpc) is 3.38. The molecular formula is C55H58F2O10. The van der Waals surface area contributed by atoms with Crippen molar-refractivity contribution in [2.75, 3.05) is 13.7 Å². The average molecular weight is 917 g/mol. The number of halogens is 2. The predicted molar refractivity (Wildman–Crippen MR) is 246 cm³/mol. The summed E-state index contributed by atoms with van der Waals surface area (Å²) >= 11 is 0. The maximum absolute atomic E-state index is 15.7. The Labute approximate surface area is 391 Å². The second-order valence-electron chi connectivity index (χ2n) is 16.5. The molecular weight excluding hydrogens is 859 g/mol. The Balaban J connectivity index is 1.18. The molecule has 2 saturated heterocycles. The normalized spacial score (nSPS) is 25.3. The van der Waals surface area contributed by atoms with Crippen molar-refractivity contribution >= 4 is 0 Å². The second kappa shape index (κ2) is 25.2. The van der Waals surface area contributed by atoms with E-state index in [4.69, 9.17) is 47.4 Å². The third-order valence-electron chi connectivity index (χ3n) is 11.7. The van der Waals surface area contributed by atoms with Gasteiger partial charge >= 0.3 is 0 Å². The number of methoxy groups -OCH3 is 1. The second-order valence-corrected chi connectivity index (χ2v) is 16.5. The lowest BCUT2D eigenvalue weighted by Crippen LogP contribution is -2.66. The van der Waals surface area contributed by atoms with Crippen LogP contribution in [0.5, 0.6) is 0 Å². The molecule has 10 nitrogen and oxygen atoms in total. The van der Waals surface area contributed by atoms with E-state index in [1.54, 1.807) is 0 Å². The molecule has 0 unspecified atom stereocenters. The maximum atomic E-state index is 15.7. The molecule has 0 aliphatic carbocycles. The molecule has 12 heteroatoms. The molecule has 2 aliphatic rings. The Hall–Kier alpha value is -5.22. The molecule has 0 aromatic heterocycles. The van der Waals surface area contributed by atoms with Crippen LogP contribution in [-0.4, -0.2) is 81.6 Å². The number of rotatable bonds is 23. The van der Waals surface area contributed by atoms with Gasteiger partial charge in [0.15, 0.2) is 18.7 Å². The van der Waals surface area contributed by atoms with Gasteiger partial charge in [-0.2, -0.15) is 0 Å². The Morgan fingerprint density at radius 2 is 0.716 bits per heavy atom. The van der Waals surface area contributed by atoms with Crippen LogP contribution in [0.15, 0.2) is 182 Å². The van der Waals surface area contributed by atoms with Crippen LogP contribution in [0.4, 0.5) is 8.78 Å². The zero-order chi connectivity index (χ0) is 46.0. The van der Waals surface area contributed by atoms with Crippen molar-refractivity contribution in [3.05, 3.63) is 215 Å². The standard InChI is InChI=1S/C55H58F2O10/c1-58-54-51(63-36-43-28-16-6-17-29-43)47(60-33-40-22-10-3-11-23-40)46(45(65-54)38-59-32-39-20-8-2-9-21-39)66-55-52(64-37-44-30-18-7-19-31-44)49(62-35-42-26-14-5-15-27-42)48(50(67-55)53(56)57)61-34-41-24-12-4-13-25-41/h2-31,45-55H,32-38H2,1H3/t45-,46-,47+,48+,49+,50+,51-,52+,54+,55-/m1/s1. The molecule has 2 aliphatic heterocycles. The number of hydrogen-bond acceptors (Lipinski definition) is 10. The predicted octanol–water partition coefficient (Wildman–Crippen LogP) is 9.88. The number of hydrogen-bond donors (Lipinski definition) is 0. The zero-order valence-electron chi connectivity index (χ0n) is 37.5. The Morgan fingerprint density at radius 3 is 1.09 bits per heavy atom. The van der Waals surface area contributed by atoms with Gasteiger partial charge in [0, 0.05) is 7.11 Å². The van der Waals surface area contributed by atoms with Crippen molar-refractivity contribution in [3.8, 4) is 0 Å². The third kappa shape index (κ3) is 13.7. The minimum absolute atomic E-state index is 0.00725.